The number of amides is 2. The van der Waals surface area contributed by atoms with Crippen LogP contribution >= 0.6 is 0 Å². The van der Waals surface area contributed by atoms with E-state index in [1.807, 2.05) is 17.9 Å². The molecule has 0 aliphatic heterocycles. The molecule has 4 heteroatoms. The summed E-state index contributed by atoms with van der Waals surface area (Å²) in [6.45, 7) is 2.99. The third-order valence-electron chi connectivity index (χ3n) is 4.57. The average molecular weight is 326 g/mol. The van der Waals surface area contributed by atoms with Gasteiger partial charge in [0.1, 0.15) is 5.82 Å². The van der Waals surface area contributed by atoms with E-state index in [0.717, 1.165) is 24.8 Å². The van der Waals surface area contributed by atoms with E-state index in [4.69, 9.17) is 0 Å². The van der Waals surface area contributed by atoms with Crippen molar-refractivity contribution < 1.29 is 9.18 Å². The third kappa shape index (κ3) is 3.58. The lowest BCUT2D eigenvalue weighted by Gasteiger charge is -2.36. The summed E-state index contributed by atoms with van der Waals surface area (Å²) in [5.41, 5.74) is 3.49. The SMILES string of the molecule is CCNC(=O)N(Cc1ccc(F)cc1)C1CCCc2ccccc21. The first kappa shape index (κ1) is 16.5. The molecule has 0 spiro atoms. The zero-order chi connectivity index (χ0) is 16.9. The predicted molar refractivity (Wildman–Crippen MR) is 93.1 cm³/mol. The van der Waals surface area contributed by atoms with Crippen molar-refractivity contribution in [3.63, 3.8) is 0 Å². The van der Waals surface area contributed by atoms with Crippen LogP contribution < -0.4 is 5.32 Å². The van der Waals surface area contributed by atoms with Crippen LogP contribution in [0.5, 0.6) is 0 Å². The molecule has 3 nitrogen and oxygen atoms in total. The highest BCUT2D eigenvalue weighted by Gasteiger charge is 2.29. The van der Waals surface area contributed by atoms with Gasteiger partial charge in [-0.2, -0.15) is 0 Å². The number of carbonyl (C=O) groups is 1. The second kappa shape index (κ2) is 7.47. The Balaban J connectivity index is 1.90. The van der Waals surface area contributed by atoms with Gasteiger partial charge in [0.15, 0.2) is 0 Å². The molecule has 2 aromatic rings. The van der Waals surface area contributed by atoms with Gasteiger partial charge in [-0.25, -0.2) is 9.18 Å². The first-order chi connectivity index (χ1) is 11.7. The predicted octanol–water partition coefficient (Wildman–Crippen LogP) is 4.43. The molecule has 24 heavy (non-hydrogen) atoms. The van der Waals surface area contributed by atoms with Crippen LogP contribution in [0.4, 0.5) is 9.18 Å². The van der Waals surface area contributed by atoms with E-state index in [9.17, 15) is 9.18 Å². The molecule has 0 radical (unpaired) electrons. The van der Waals surface area contributed by atoms with Crippen LogP contribution in [0.15, 0.2) is 48.5 Å². The maximum absolute atomic E-state index is 13.2. The van der Waals surface area contributed by atoms with Crippen LogP contribution in [0.25, 0.3) is 0 Å². The maximum atomic E-state index is 13.2. The van der Waals surface area contributed by atoms with E-state index in [-0.39, 0.29) is 17.9 Å². The zero-order valence-electron chi connectivity index (χ0n) is 14.0. The molecule has 1 aliphatic rings. The molecular weight excluding hydrogens is 303 g/mol. The van der Waals surface area contributed by atoms with Crippen molar-refractivity contribution in [3.8, 4) is 0 Å². The lowest BCUT2D eigenvalue weighted by molar-refractivity contribution is 0.163. The van der Waals surface area contributed by atoms with E-state index in [2.05, 4.69) is 23.5 Å². The van der Waals surface area contributed by atoms with Crippen LogP contribution in [-0.4, -0.2) is 17.5 Å². The molecular formula is C20H23FN2O. The van der Waals surface area contributed by atoms with Gasteiger partial charge in [0, 0.05) is 13.1 Å². The second-order valence-electron chi connectivity index (χ2n) is 6.20. The summed E-state index contributed by atoms with van der Waals surface area (Å²) in [5.74, 6) is -0.258. The fourth-order valence-electron chi connectivity index (χ4n) is 3.41. The van der Waals surface area contributed by atoms with Crippen molar-refractivity contribution in [2.75, 3.05) is 6.54 Å². The Morgan fingerprint density at radius 2 is 1.96 bits per heavy atom. The van der Waals surface area contributed by atoms with E-state index in [1.165, 1.54) is 23.3 Å². The number of hydrogen-bond donors (Lipinski definition) is 1. The fourth-order valence-corrected chi connectivity index (χ4v) is 3.41. The number of carbonyl (C=O) groups excluding carboxylic acids is 1. The van der Waals surface area contributed by atoms with Crippen LogP contribution in [0, 0.1) is 5.82 Å². The van der Waals surface area contributed by atoms with E-state index >= 15 is 0 Å². The van der Waals surface area contributed by atoms with Crippen molar-refractivity contribution >= 4 is 6.03 Å². The molecule has 0 saturated heterocycles. The molecule has 1 unspecified atom stereocenters. The molecule has 3 rings (SSSR count). The average Bonchev–Trinajstić information content (AvgIpc) is 2.61. The minimum Gasteiger partial charge on any atom is -0.338 e. The number of rotatable bonds is 4. The largest absolute Gasteiger partial charge is 0.338 e. The van der Waals surface area contributed by atoms with Gasteiger partial charge in [-0.15, -0.1) is 0 Å². The molecule has 0 bridgehead atoms. The standard InChI is InChI=1S/C20H23FN2O/c1-2-22-20(24)23(14-15-10-12-17(21)13-11-15)19-9-5-7-16-6-3-4-8-18(16)19/h3-4,6,8,10-13,19H,2,5,7,9,14H2,1H3,(H,22,24). The van der Waals surface area contributed by atoms with Crippen molar-refractivity contribution in [2.24, 2.45) is 0 Å². The molecule has 1 N–H and O–H groups in total. The minimum absolute atomic E-state index is 0.0616. The molecule has 2 amide bonds. The Kier molecular flexibility index (Phi) is 5.14. The highest BCUT2D eigenvalue weighted by molar-refractivity contribution is 5.75. The molecule has 1 atom stereocenters. The van der Waals surface area contributed by atoms with Gasteiger partial charge in [-0.05, 0) is 55.0 Å². The smallest absolute Gasteiger partial charge is 0.318 e. The summed E-state index contributed by atoms with van der Waals surface area (Å²) in [5, 5.41) is 2.92. The number of benzene rings is 2. The molecule has 2 aromatic carbocycles. The summed E-state index contributed by atoms with van der Waals surface area (Å²) >= 11 is 0. The highest BCUT2D eigenvalue weighted by atomic mass is 19.1. The number of halogens is 1. The summed E-state index contributed by atoms with van der Waals surface area (Å²) in [6, 6.07) is 14.7. The van der Waals surface area contributed by atoms with Gasteiger partial charge in [0.2, 0.25) is 0 Å². The topological polar surface area (TPSA) is 32.3 Å². The number of urea groups is 1. The molecule has 0 heterocycles. The van der Waals surface area contributed by atoms with Gasteiger partial charge >= 0.3 is 6.03 Å². The van der Waals surface area contributed by atoms with Crippen LogP contribution in [-0.2, 0) is 13.0 Å². The van der Waals surface area contributed by atoms with Crippen LogP contribution in [0.1, 0.15) is 42.5 Å². The third-order valence-corrected chi connectivity index (χ3v) is 4.57. The van der Waals surface area contributed by atoms with E-state index in [1.54, 1.807) is 12.1 Å². The number of fused-ring (bicyclic) bond motifs is 1. The number of aryl methyl sites for hydroxylation is 1. The van der Waals surface area contributed by atoms with Crippen molar-refractivity contribution in [1.29, 1.82) is 0 Å². The quantitative estimate of drug-likeness (QED) is 0.885. The molecule has 126 valence electrons. The Hall–Kier alpha value is -2.36. The van der Waals surface area contributed by atoms with Crippen LogP contribution in [0.3, 0.4) is 0 Å². The van der Waals surface area contributed by atoms with Crippen molar-refractivity contribution in [3.05, 3.63) is 71.0 Å². The summed E-state index contributed by atoms with van der Waals surface area (Å²) in [4.78, 5) is 14.5. The molecule has 0 aromatic heterocycles. The lowest BCUT2D eigenvalue weighted by atomic mass is 9.86. The normalized spacial score (nSPS) is 16.3. The molecule has 0 fully saturated rings. The number of nitrogens with one attached hydrogen (secondary N) is 1. The Morgan fingerprint density at radius 3 is 2.71 bits per heavy atom. The Morgan fingerprint density at radius 1 is 1.21 bits per heavy atom. The summed E-state index contributed by atoms with van der Waals surface area (Å²) < 4.78 is 13.2. The Labute approximate surface area is 142 Å². The van der Waals surface area contributed by atoms with Gasteiger partial charge < -0.3 is 10.2 Å². The summed E-state index contributed by atoms with van der Waals surface area (Å²) in [7, 11) is 0. The number of nitrogens with zero attached hydrogens (tertiary/aromatic N) is 1. The van der Waals surface area contributed by atoms with Crippen LogP contribution in [0.2, 0.25) is 0 Å². The van der Waals surface area contributed by atoms with Gasteiger partial charge in [-0.1, -0.05) is 36.4 Å². The zero-order valence-corrected chi connectivity index (χ0v) is 14.0. The van der Waals surface area contributed by atoms with Crippen molar-refractivity contribution in [1.82, 2.24) is 10.2 Å². The van der Waals surface area contributed by atoms with Crippen molar-refractivity contribution in [2.45, 2.75) is 38.8 Å². The number of hydrogen-bond acceptors (Lipinski definition) is 1. The molecule has 0 saturated carbocycles. The Bertz CT molecular complexity index is 699. The first-order valence-corrected chi connectivity index (χ1v) is 8.55. The van der Waals surface area contributed by atoms with Gasteiger partial charge in [-0.3, -0.25) is 0 Å². The lowest BCUT2D eigenvalue weighted by Crippen LogP contribution is -2.42. The van der Waals surface area contributed by atoms with Gasteiger partial charge in [0.25, 0.3) is 0 Å². The summed E-state index contributed by atoms with van der Waals surface area (Å²) in [6.07, 6.45) is 3.09. The minimum atomic E-state index is -0.258. The van der Waals surface area contributed by atoms with E-state index in [0.29, 0.717) is 13.1 Å². The molecule has 1 aliphatic carbocycles. The monoisotopic (exact) mass is 326 g/mol. The second-order valence-corrected chi connectivity index (χ2v) is 6.20. The first-order valence-electron chi connectivity index (χ1n) is 8.55. The maximum Gasteiger partial charge on any atom is 0.318 e. The van der Waals surface area contributed by atoms with Gasteiger partial charge in [0.05, 0.1) is 6.04 Å². The fraction of sp³-hybridized carbons (Fsp3) is 0.350. The highest BCUT2D eigenvalue weighted by Crippen LogP contribution is 2.35. The van der Waals surface area contributed by atoms with E-state index < -0.39 is 0 Å².